The van der Waals surface area contributed by atoms with Crippen LogP contribution in [0.1, 0.15) is 46.5 Å². The van der Waals surface area contributed by atoms with Gasteiger partial charge in [-0.15, -0.1) is 0 Å². The van der Waals surface area contributed by atoms with Crippen molar-refractivity contribution in [3.8, 4) is 0 Å². The van der Waals surface area contributed by atoms with E-state index in [0.29, 0.717) is 0 Å². The Labute approximate surface area is 95.4 Å². The second kappa shape index (κ2) is 7.24. The van der Waals surface area contributed by atoms with E-state index in [9.17, 15) is 0 Å². The molecule has 0 aliphatic heterocycles. The van der Waals surface area contributed by atoms with Crippen LogP contribution in [-0.4, -0.2) is 37.1 Å². The summed E-state index contributed by atoms with van der Waals surface area (Å²) in [5, 5.41) is 3.40. The number of hydrogen-bond acceptors (Lipinski definition) is 2. The standard InChI is InChI=1S/C13H28N2/c1-4-14-10-6-7-12(3)15(5-2)11-13-8-9-13/h12-14H,4-11H2,1-3H3. The zero-order valence-electron chi connectivity index (χ0n) is 10.8. The van der Waals surface area contributed by atoms with Crippen molar-refractivity contribution in [2.75, 3.05) is 26.2 Å². The Morgan fingerprint density at radius 2 is 2.07 bits per heavy atom. The summed E-state index contributed by atoms with van der Waals surface area (Å²) < 4.78 is 0. The summed E-state index contributed by atoms with van der Waals surface area (Å²) in [5.41, 5.74) is 0. The lowest BCUT2D eigenvalue weighted by Gasteiger charge is -2.27. The molecule has 1 N–H and O–H groups in total. The normalized spacial score (nSPS) is 18.4. The Morgan fingerprint density at radius 1 is 1.33 bits per heavy atom. The summed E-state index contributed by atoms with van der Waals surface area (Å²) in [7, 11) is 0. The largest absolute Gasteiger partial charge is 0.317 e. The monoisotopic (exact) mass is 212 g/mol. The number of nitrogens with zero attached hydrogens (tertiary/aromatic N) is 1. The highest BCUT2D eigenvalue weighted by Gasteiger charge is 2.25. The summed E-state index contributed by atoms with van der Waals surface area (Å²) in [5.74, 6) is 1.03. The third-order valence-electron chi connectivity index (χ3n) is 3.44. The predicted octanol–water partition coefficient (Wildman–Crippen LogP) is 2.50. The first kappa shape index (κ1) is 13.0. The average molecular weight is 212 g/mol. The van der Waals surface area contributed by atoms with Gasteiger partial charge < -0.3 is 10.2 Å². The fourth-order valence-electron chi connectivity index (χ4n) is 2.13. The summed E-state index contributed by atoms with van der Waals surface area (Å²) in [6, 6.07) is 0.772. The predicted molar refractivity (Wildman–Crippen MR) is 67.2 cm³/mol. The van der Waals surface area contributed by atoms with Crippen LogP contribution in [0.15, 0.2) is 0 Å². The lowest BCUT2D eigenvalue weighted by molar-refractivity contribution is 0.199. The summed E-state index contributed by atoms with van der Waals surface area (Å²) in [6.07, 6.45) is 5.60. The molecule has 2 nitrogen and oxygen atoms in total. The Bertz CT molecular complexity index is 155. The van der Waals surface area contributed by atoms with Gasteiger partial charge in [-0.05, 0) is 58.2 Å². The molecule has 0 heterocycles. The molecule has 0 bridgehead atoms. The van der Waals surface area contributed by atoms with E-state index in [2.05, 4.69) is 31.0 Å². The molecule has 1 saturated carbocycles. The van der Waals surface area contributed by atoms with Gasteiger partial charge in [0.2, 0.25) is 0 Å². The van der Waals surface area contributed by atoms with Gasteiger partial charge in [-0.3, -0.25) is 0 Å². The molecule has 0 aromatic rings. The fourth-order valence-corrected chi connectivity index (χ4v) is 2.13. The Kier molecular flexibility index (Phi) is 6.26. The van der Waals surface area contributed by atoms with Crippen LogP contribution >= 0.6 is 0 Å². The topological polar surface area (TPSA) is 15.3 Å². The van der Waals surface area contributed by atoms with Gasteiger partial charge in [-0.25, -0.2) is 0 Å². The maximum Gasteiger partial charge on any atom is 0.00674 e. The van der Waals surface area contributed by atoms with Crippen molar-refractivity contribution in [2.24, 2.45) is 5.92 Å². The van der Waals surface area contributed by atoms with Crippen LogP contribution in [0.3, 0.4) is 0 Å². The maximum absolute atomic E-state index is 3.40. The molecule has 1 aliphatic rings. The third-order valence-corrected chi connectivity index (χ3v) is 3.44. The average Bonchev–Trinajstić information content (AvgIpc) is 3.04. The molecule has 90 valence electrons. The molecule has 1 atom stereocenters. The highest BCUT2D eigenvalue weighted by molar-refractivity contribution is 4.79. The minimum absolute atomic E-state index is 0.772. The zero-order chi connectivity index (χ0) is 11.1. The smallest absolute Gasteiger partial charge is 0.00674 e. The van der Waals surface area contributed by atoms with Crippen LogP contribution in [0.4, 0.5) is 0 Å². The molecule has 15 heavy (non-hydrogen) atoms. The molecule has 0 spiro atoms. The summed E-state index contributed by atoms with van der Waals surface area (Å²) in [6.45, 7) is 11.7. The lowest BCUT2D eigenvalue weighted by Crippen LogP contribution is -2.35. The SMILES string of the molecule is CCNCCCC(C)N(CC)CC1CC1. The van der Waals surface area contributed by atoms with Crippen molar-refractivity contribution in [1.29, 1.82) is 0 Å². The maximum atomic E-state index is 3.40. The third kappa shape index (κ3) is 5.53. The van der Waals surface area contributed by atoms with E-state index in [4.69, 9.17) is 0 Å². The Hall–Kier alpha value is -0.0800. The van der Waals surface area contributed by atoms with Gasteiger partial charge in [0.15, 0.2) is 0 Å². The molecule has 1 rings (SSSR count). The van der Waals surface area contributed by atoms with Crippen molar-refractivity contribution < 1.29 is 0 Å². The fraction of sp³-hybridized carbons (Fsp3) is 1.00. The van der Waals surface area contributed by atoms with Crippen molar-refractivity contribution in [3.05, 3.63) is 0 Å². The van der Waals surface area contributed by atoms with Crippen LogP contribution in [0.2, 0.25) is 0 Å². The van der Waals surface area contributed by atoms with Crippen molar-refractivity contribution in [2.45, 2.75) is 52.5 Å². The molecule has 0 aromatic carbocycles. The Balaban J connectivity index is 2.08. The number of nitrogens with one attached hydrogen (secondary N) is 1. The van der Waals surface area contributed by atoms with Crippen LogP contribution < -0.4 is 5.32 Å². The first-order valence-corrected chi connectivity index (χ1v) is 6.72. The first-order valence-electron chi connectivity index (χ1n) is 6.72. The van der Waals surface area contributed by atoms with E-state index < -0.39 is 0 Å². The number of hydrogen-bond donors (Lipinski definition) is 1. The molecule has 0 radical (unpaired) electrons. The highest BCUT2D eigenvalue weighted by Crippen LogP contribution is 2.30. The molecule has 0 saturated heterocycles. The van der Waals surface area contributed by atoms with Crippen LogP contribution in [-0.2, 0) is 0 Å². The van der Waals surface area contributed by atoms with Gasteiger partial charge in [0, 0.05) is 12.6 Å². The quantitative estimate of drug-likeness (QED) is 0.591. The van der Waals surface area contributed by atoms with Crippen molar-refractivity contribution >= 4 is 0 Å². The molecular formula is C13H28N2. The minimum atomic E-state index is 0.772. The van der Waals surface area contributed by atoms with Crippen molar-refractivity contribution in [1.82, 2.24) is 10.2 Å². The van der Waals surface area contributed by atoms with E-state index in [0.717, 1.165) is 18.5 Å². The van der Waals surface area contributed by atoms with E-state index in [1.165, 1.54) is 45.3 Å². The summed E-state index contributed by atoms with van der Waals surface area (Å²) >= 11 is 0. The number of rotatable bonds is 9. The molecule has 1 fully saturated rings. The van der Waals surface area contributed by atoms with Gasteiger partial charge in [0.05, 0.1) is 0 Å². The summed E-state index contributed by atoms with van der Waals surface area (Å²) in [4.78, 5) is 2.66. The van der Waals surface area contributed by atoms with Crippen LogP contribution in [0.25, 0.3) is 0 Å². The molecule has 2 heteroatoms. The highest BCUT2D eigenvalue weighted by atomic mass is 15.1. The van der Waals surface area contributed by atoms with E-state index in [-0.39, 0.29) is 0 Å². The second-order valence-corrected chi connectivity index (χ2v) is 4.88. The minimum Gasteiger partial charge on any atom is -0.317 e. The van der Waals surface area contributed by atoms with Gasteiger partial charge in [-0.1, -0.05) is 13.8 Å². The van der Waals surface area contributed by atoms with E-state index >= 15 is 0 Å². The molecule has 0 amide bonds. The second-order valence-electron chi connectivity index (χ2n) is 4.88. The molecule has 0 aromatic heterocycles. The molecule has 1 unspecified atom stereocenters. The Morgan fingerprint density at radius 3 is 2.60 bits per heavy atom. The van der Waals surface area contributed by atoms with Gasteiger partial charge in [0.25, 0.3) is 0 Å². The van der Waals surface area contributed by atoms with Gasteiger partial charge in [-0.2, -0.15) is 0 Å². The van der Waals surface area contributed by atoms with Crippen LogP contribution in [0.5, 0.6) is 0 Å². The molecular weight excluding hydrogens is 184 g/mol. The van der Waals surface area contributed by atoms with E-state index in [1.54, 1.807) is 0 Å². The van der Waals surface area contributed by atoms with Crippen molar-refractivity contribution in [3.63, 3.8) is 0 Å². The zero-order valence-corrected chi connectivity index (χ0v) is 10.8. The van der Waals surface area contributed by atoms with E-state index in [1.807, 2.05) is 0 Å². The van der Waals surface area contributed by atoms with Gasteiger partial charge >= 0.3 is 0 Å². The first-order chi connectivity index (χ1) is 7.27. The van der Waals surface area contributed by atoms with Gasteiger partial charge in [0.1, 0.15) is 0 Å². The molecule has 1 aliphatic carbocycles. The lowest BCUT2D eigenvalue weighted by atomic mass is 10.1. The van der Waals surface area contributed by atoms with Crippen LogP contribution in [0, 0.1) is 5.92 Å².